The number of aromatic nitrogens is 2. The van der Waals surface area contributed by atoms with Gasteiger partial charge >= 0.3 is 0 Å². The molecule has 1 aliphatic heterocycles. The minimum atomic E-state index is -0.162. The lowest BCUT2D eigenvalue weighted by Crippen LogP contribution is -2.34. The molecule has 1 atom stereocenters. The van der Waals surface area contributed by atoms with Gasteiger partial charge in [0.15, 0.2) is 0 Å². The van der Waals surface area contributed by atoms with E-state index in [1.165, 1.54) is 38.2 Å². The van der Waals surface area contributed by atoms with Crippen molar-refractivity contribution < 1.29 is 4.39 Å². The van der Waals surface area contributed by atoms with Crippen molar-refractivity contribution in [2.24, 2.45) is 0 Å². The van der Waals surface area contributed by atoms with Crippen LogP contribution in [0.15, 0.2) is 18.2 Å². The molecule has 4 rings (SSSR count). The van der Waals surface area contributed by atoms with E-state index in [4.69, 9.17) is 4.98 Å². The van der Waals surface area contributed by atoms with E-state index in [9.17, 15) is 4.39 Å². The normalized spacial score (nSPS) is 22.8. The second-order valence-corrected chi connectivity index (χ2v) is 6.45. The van der Waals surface area contributed by atoms with Crippen LogP contribution in [0.3, 0.4) is 0 Å². The summed E-state index contributed by atoms with van der Waals surface area (Å²) in [4.78, 5) is 4.77. The number of halogens is 1. The lowest BCUT2D eigenvalue weighted by Gasteiger charge is -2.23. The summed E-state index contributed by atoms with van der Waals surface area (Å²) in [6, 6.07) is 6.14. The lowest BCUT2D eigenvalue weighted by atomic mass is 10.0. The quantitative estimate of drug-likeness (QED) is 0.931. The van der Waals surface area contributed by atoms with Gasteiger partial charge in [0.1, 0.15) is 11.6 Å². The maximum atomic E-state index is 13.5. The second kappa shape index (κ2) is 5.41. The van der Waals surface area contributed by atoms with E-state index in [2.05, 4.69) is 9.88 Å². The van der Waals surface area contributed by atoms with Crippen molar-refractivity contribution in [1.29, 1.82) is 0 Å². The zero-order chi connectivity index (χ0) is 14.2. The Morgan fingerprint density at radius 1 is 1.24 bits per heavy atom. The summed E-state index contributed by atoms with van der Waals surface area (Å²) in [6.07, 6.45) is 8.45. The van der Waals surface area contributed by atoms with Gasteiger partial charge in [-0.25, -0.2) is 9.37 Å². The molecule has 3 nitrogen and oxygen atoms in total. The fraction of sp³-hybridized carbons (Fsp3) is 0.588. The molecule has 0 spiro atoms. The van der Waals surface area contributed by atoms with E-state index in [1.54, 1.807) is 6.07 Å². The number of benzene rings is 1. The minimum Gasteiger partial charge on any atom is -0.325 e. The van der Waals surface area contributed by atoms with Crippen LogP contribution in [0.25, 0.3) is 11.0 Å². The third-order valence-corrected chi connectivity index (χ3v) is 4.77. The Kier molecular flexibility index (Phi) is 3.42. The number of imidazole rings is 1. The molecule has 1 aromatic heterocycles. The fourth-order valence-electron chi connectivity index (χ4n) is 3.51. The molecular formula is C17H22FN3. The number of piperidine rings is 1. The van der Waals surface area contributed by atoms with Gasteiger partial charge in [-0.1, -0.05) is 6.42 Å². The lowest BCUT2D eigenvalue weighted by molar-refractivity contribution is 0.379. The van der Waals surface area contributed by atoms with Gasteiger partial charge in [-0.2, -0.15) is 0 Å². The highest BCUT2D eigenvalue weighted by atomic mass is 19.1. The first-order valence-corrected chi connectivity index (χ1v) is 8.21. The number of aryl methyl sites for hydroxylation is 1. The van der Waals surface area contributed by atoms with Crippen molar-refractivity contribution in [2.75, 3.05) is 6.54 Å². The largest absolute Gasteiger partial charge is 0.325 e. The van der Waals surface area contributed by atoms with Gasteiger partial charge in [0.05, 0.1) is 11.0 Å². The molecule has 2 aliphatic rings. The highest BCUT2D eigenvalue weighted by molar-refractivity contribution is 5.76. The highest BCUT2D eigenvalue weighted by Gasteiger charge is 2.28. The topological polar surface area (TPSA) is 29.9 Å². The summed E-state index contributed by atoms with van der Waals surface area (Å²) in [5, 5.41) is 3.60. The molecule has 0 amide bonds. The molecule has 1 unspecified atom stereocenters. The standard InChI is InChI=1S/C17H22FN3/c18-12-4-8-15-16(11-12)21(14-6-7-14)17(20-15)9-5-13-3-1-2-10-19-13/h4,8,11,13-14,19H,1-3,5-7,9-10H2. The maximum Gasteiger partial charge on any atom is 0.125 e. The summed E-state index contributed by atoms with van der Waals surface area (Å²) >= 11 is 0. The average Bonchev–Trinajstić information content (AvgIpc) is 3.28. The van der Waals surface area contributed by atoms with Crippen molar-refractivity contribution in [2.45, 2.75) is 57.0 Å². The Hall–Kier alpha value is -1.42. The molecular weight excluding hydrogens is 265 g/mol. The third kappa shape index (κ3) is 2.69. The molecule has 2 heterocycles. The zero-order valence-electron chi connectivity index (χ0n) is 12.3. The molecule has 4 heteroatoms. The first-order chi connectivity index (χ1) is 10.3. The smallest absolute Gasteiger partial charge is 0.125 e. The van der Waals surface area contributed by atoms with Gasteiger partial charge in [0.25, 0.3) is 0 Å². The van der Waals surface area contributed by atoms with Gasteiger partial charge in [-0.3, -0.25) is 0 Å². The second-order valence-electron chi connectivity index (χ2n) is 6.45. The van der Waals surface area contributed by atoms with Crippen LogP contribution >= 0.6 is 0 Å². The number of hydrogen-bond acceptors (Lipinski definition) is 2. The van der Waals surface area contributed by atoms with E-state index < -0.39 is 0 Å². The summed E-state index contributed by atoms with van der Waals surface area (Å²) < 4.78 is 15.8. The molecule has 0 radical (unpaired) electrons. The monoisotopic (exact) mass is 287 g/mol. The van der Waals surface area contributed by atoms with Gasteiger partial charge in [0.2, 0.25) is 0 Å². The molecule has 1 N–H and O–H groups in total. The van der Waals surface area contributed by atoms with E-state index in [0.29, 0.717) is 12.1 Å². The minimum absolute atomic E-state index is 0.162. The summed E-state index contributed by atoms with van der Waals surface area (Å²) in [6.45, 7) is 1.15. The number of fused-ring (bicyclic) bond motifs is 1. The van der Waals surface area contributed by atoms with Crippen LogP contribution in [0, 0.1) is 5.82 Å². The SMILES string of the molecule is Fc1ccc2nc(CCC3CCCCN3)n(C3CC3)c2c1. The van der Waals surface area contributed by atoms with Crippen LogP contribution in [-0.4, -0.2) is 22.1 Å². The van der Waals surface area contributed by atoms with Crippen LogP contribution in [0.1, 0.15) is 50.4 Å². The van der Waals surface area contributed by atoms with Crippen LogP contribution in [0.4, 0.5) is 4.39 Å². The molecule has 21 heavy (non-hydrogen) atoms. The maximum absolute atomic E-state index is 13.5. The Morgan fingerprint density at radius 2 is 2.14 bits per heavy atom. The fourth-order valence-corrected chi connectivity index (χ4v) is 3.51. The van der Waals surface area contributed by atoms with Crippen molar-refractivity contribution in [3.05, 3.63) is 29.8 Å². The van der Waals surface area contributed by atoms with E-state index in [0.717, 1.165) is 36.2 Å². The van der Waals surface area contributed by atoms with Gasteiger partial charge in [-0.05, 0) is 56.8 Å². The molecule has 1 saturated carbocycles. The predicted octanol–water partition coefficient (Wildman–Crippen LogP) is 3.59. The van der Waals surface area contributed by atoms with Gasteiger partial charge in [-0.15, -0.1) is 0 Å². The van der Waals surface area contributed by atoms with E-state index >= 15 is 0 Å². The number of hydrogen-bond donors (Lipinski definition) is 1. The van der Waals surface area contributed by atoms with Crippen molar-refractivity contribution in [3.8, 4) is 0 Å². The number of nitrogens with zero attached hydrogens (tertiary/aromatic N) is 2. The highest BCUT2D eigenvalue weighted by Crippen LogP contribution is 2.39. The Labute approximate surface area is 124 Å². The molecule has 1 aliphatic carbocycles. The van der Waals surface area contributed by atoms with Gasteiger partial charge in [0, 0.05) is 18.5 Å². The molecule has 112 valence electrons. The Bertz CT molecular complexity index is 639. The summed E-state index contributed by atoms with van der Waals surface area (Å²) in [5.74, 6) is 0.982. The molecule has 1 saturated heterocycles. The molecule has 1 aromatic carbocycles. The van der Waals surface area contributed by atoms with Crippen molar-refractivity contribution in [1.82, 2.24) is 14.9 Å². The van der Waals surface area contributed by atoms with E-state index in [1.807, 2.05) is 6.07 Å². The first-order valence-electron chi connectivity index (χ1n) is 8.21. The zero-order valence-corrected chi connectivity index (χ0v) is 12.3. The van der Waals surface area contributed by atoms with Crippen LogP contribution in [-0.2, 0) is 6.42 Å². The first kappa shape index (κ1) is 13.3. The van der Waals surface area contributed by atoms with Crippen LogP contribution < -0.4 is 5.32 Å². The van der Waals surface area contributed by atoms with Crippen molar-refractivity contribution >= 4 is 11.0 Å². The Morgan fingerprint density at radius 3 is 2.90 bits per heavy atom. The molecule has 2 fully saturated rings. The number of nitrogens with one attached hydrogen (secondary N) is 1. The molecule has 0 bridgehead atoms. The van der Waals surface area contributed by atoms with Crippen molar-refractivity contribution in [3.63, 3.8) is 0 Å². The predicted molar refractivity (Wildman–Crippen MR) is 81.9 cm³/mol. The van der Waals surface area contributed by atoms with E-state index in [-0.39, 0.29) is 5.82 Å². The summed E-state index contributed by atoms with van der Waals surface area (Å²) in [5.41, 5.74) is 1.92. The average molecular weight is 287 g/mol. The Balaban J connectivity index is 1.59. The van der Waals surface area contributed by atoms with Gasteiger partial charge < -0.3 is 9.88 Å². The van der Waals surface area contributed by atoms with Crippen LogP contribution in [0.2, 0.25) is 0 Å². The third-order valence-electron chi connectivity index (χ3n) is 4.77. The van der Waals surface area contributed by atoms with Crippen LogP contribution in [0.5, 0.6) is 0 Å². The summed E-state index contributed by atoms with van der Waals surface area (Å²) in [7, 11) is 0. The number of rotatable bonds is 4. The molecule has 2 aromatic rings.